The van der Waals surface area contributed by atoms with Crippen LogP contribution in [0.2, 0.25) is 0 Å². The molecule has 6 heteroatoms. The number of carbonyl (C=O) groups is 2. The molecule has 5 nitrogen and oxygen atoms in total. The van der Waals surface area contributed by atoms with Gasteiger partial charge in [0.25, 0.3) is 11.8 Å². The molecular formula is C23H21FN2O3. The van der Waals surface area contributed by atoms with E-state index in [0.717, 1.165) is 11.3 Å². The van der Waals surface area contributed by atoms with Crippen molar-refractivity contribution < 1.29 is 18.7 Å². The van der Waals surface area contributed by atoms with E-state index >= 15 is 0 Å². The average molecular weight is 392 g/mol. The van der Waals surface area contributed by atoms with Crippen LogP contribution in [-0.2, 0) is 6.42 Å². The van der Waals surface area contributed by atoms with E-state index in [1.807, 2.05) is 24.3 Å². The molecule has 3 aromatic carbocycles. The van der Waals surface area contributed by atoms with Crippen molar-refractivity contribution in [3.63, 3.8) is 0 Å². The fraction of sp³-hybridized carbons (Fsp3) is 0.130. The summed E-state index contributed by atoms with van der Waals surface area (Å²) in [6, 6.07) is 19.6. The molecule has 0 atom stereocenters. The Balaban J connectivity index is 1.61. The Morgan fingerprint density at radius 3 is 2.38 bits per heavy atom. The van der Waals surface area contributed by atoms with Crippen molar-refractivity contribution in [1.82, 2.24) is 5.32 Å². The molecule has 0 spiro atoms. The molecule has 3 rings (SSSR count). The maximum Gasteiger partial charge on any atom is 0.255 e. The Hall–Kier alpha value is -3.67. The summed E-state index contributed by atoms with van der Waals surface area (Å²) in [5.74, 6) is -0.358. The average Bonchev–Trinajstić information content (AvgIpc) is 2.74. The van der Waals surface area contributed by atoms with Crippen LogP contribution in [0.1, 0.15) is 26.3 Å². The minimum absolute atomic E-state index is 0.277. The summed E-state index contributed by atoms with van der Waals surface area (Å²) in [5, 5.41) is 5.46. The molecule has 3 aromatic rings. The predicted molar refractivity (Wildman–Crippen MR) is 110 cm³/mol. The van der Waals surface area contributed by atoms with Gasteiger partial charge in [0.15, 0.2) is 0 Å². The van der Waals surface area contributed by atoms with Gasteiger partial charge < -0.3 is 15.4 Å². The molecule has 0 heterocycles. The van der Waals surface area contributed by atoms with E-state index in [1.54, 1.807) is 31.4 Å². The van der Waals surface area contributed by atoms with Crippen molar-refractivity contribution in [3.05, 3.63) is 95.3 Å². The summed E-state index contributed by atoms with van der Waals surface area (Å²) < 4.78 is 18.6. The van der Waals surface area contributed by atoms with Gasteiger partial charge in [0.1, 0.15) is 11.6 Å². The van der Waals surface area contributed by atoms with Gasteiger partial charge in [-0.15, -0.1) is 0 Å². The third kappa shape index (κ3) is 5.42. The van der Waals surface area contributed by atoms with Gasteiger partial charge in [-0.05, 0) is 54.4 Å². The smallest absolute Gasteiger partial charge is 0.255 e. The quantitative estimate of drug-likeness (QED) is 0.637. The predicted octanol–water partition coefficient (Wildman–Crippen LogP) is 4.06. The van der Waals surface area contributed by atoms with E-state index in [9.17, 15) is 14.0 Å². The number of amides is 2. The van der Waals surface area contributed by atoms with E-state index in [-0.39, 0.29) is 5.91 Å². The molecule has 148 valence electrons. The van der Waals surface area contributed by atoms with Crippen LogP contribution in [0.25, 0.3) is 0 Å². The molecule has 0 saturated carbocycles. The maximum absolute atomic E-state index is 13.3. The minimum atomic E-state index is -0.439. The molecule has 0 aliphatic heterocycles. The first-order valence-electron chi connectivity index (χ1n) is 9.14. The molecule has 0 aliphatic rings. The highest BCUT2D eigenvalue weighted by Gasteiger charge is 2.11. The summed E-state index contributed by atoms with van der Waals surface area (Å²) in [4.78, 5) is 24.8. The second-order valence-corrected chi connectivity index (χ2v) is 6.36. The zero-order chi connectivity index (χ0) is 20.6. The Morgan fingerprint density at radius 2 is 1.62 bits per heavy atom. The molecule has 0 unspecified atom stereocenters. The Bertz CT molecular complexity index is 1020. The summed E-state index contributed by atoms with van der Waals surface area (Å²) in [6.07, 6.45) is 0.621. The lowest BCUT2D eigenvalue weighted by molar-refractivity contribution is 0.0954. The zero-order valence-electron chi connectivity index (χ0n) is 15.9. The van der Waals surface area contributed by atoms with Crippen LogP contribution in [0.3, 0.4) is 0 Å². The second kappa shape index (κ2) is 9.50. The van der Waals surface area contributed by atoms with E-state index in [0.29, 0.717) is 29.8 Å². The van der Waals surface area contributed by atoms with E-state index in [4.69, 9.17) is 4.74 Å². The topological polar surface area (TPSA) is 67.4 Å². The fourth-order valence-corrected chi connectivity index (χ4v) is 2.89. The van der Waals surface area contributed by atoms with Crippen molar-refractivity contribution in [1.29, 1.82) is 0 Å². The number of methoxy groups -OCH3 is 1. The highest BCUT2D eigenvalue weighted by Crippen LogP contribution is 2.17. The van der Waals surface area contributed by atoms with Crippen LogP contribution in [0.5, 0.6) is 5.75 Å². The monoisotopic (exact) mass is 392 g/mol. The molecule has 2 amide bonds. The number of hydrogen-bond acceptors (Lipinski definition) is 3. The van der Waals surface area contributed by atoms with Crippen molar-refractivity contribution in [2.45, 2.75) is 6.42 Å². The number of ether oxygens (including phenoxy) is 1. The molecule has 0 radical (unpaired) electrons. The normalized spacial score (nSPS) is 10.3. The first-order chi connectivity index (χ1) is 14.1. The fourth-order valence-electron chi connectivity index (χ4n) is 2.89. The first-order valence-corrected chi connectivity index (χ1v) is 9.14. The number of para-hydroxylation sites is 1. The number of carbonyl (C=O) groups excluding carboxylic acids is 2. The summed E-state index contributed by atoms with van der Waals surface area (Å²) in [7, 11) is 1.61. The summed E-state index contributed by atoms with van der Waals surface area (Å²) in [6.45, 7) is 0.429. The van der Waals surface area contributed by atoms with E-state index < -0.39 is 11.7 Å². The van der Waals surface area contributed by atoms with Gasteiger partial charge in [0, 0.05) is 23.4 Å². The molecule has 0 aliphatic carbocycles. The lowest BCUT2D eigenvalue weighted by Gasteiger charge is -2.10. The second-order valence-electron chi connectivity index (χ2n) is 6.36. The van der Waals surface area contributed by atoms with Gasteiger partial charge in [0.2, 0.25) is 0 Å². The van der Waals surface area contributed by atoms with Crippen molar-refractivity contribution >= 4 is 17.5 Å². The van der Waals surface area contributed by atoms with Gasteiger partial charge in [-0.3, -0.25) is 9.59 Å². The van der Waals surface area contributed by atoms with Crippen molar-refractivity contribution in [2.75, 3.05) is 19.0 Å². The number of rotatable bonds is 7. The van der Waals surface area contributed by atoms with Gasteiger partial charge in [-0.2, -0.15) is 0 Å². The van der Waals surface area contributed by atoms with Crippen LogP contribution >= 0.6 is 0 Å². The number of anilines is 1. The van der Waals surface area contributed by atoms with E-state index in [1.165, 1.54) is 24.3 Å². The maximum atomic E-state index is 13.3. The Labute approximate surface area is 168 Å². The summed E-state index contributed by atoms with van der Waals surface area (Å²) >= 11 is 0. The lowest BCUT2D eigenvalue weighted by Crippen LogP contribution is -2.26. The molecule has 0 fully saturated rings. The number of nitrogens with one attached hydrogen (secondary N) is 2. The van der Waals surface area contributed by atoms with Gasteiger partial charge in [0.05, 0.1) is 7.11 Å². The number of benzene rings is 3. The molecule has 2 N–H and O–H groups in total. The standard InChI is InChI=1S/C23H21FN2O3/c1-29-21-11-3-2-6-16(21)12-13-25-22(27)17-7-4-8-18(14-17)23(28)26-20-10-5-9-19(24)15-20/h2-11,14-15H,12-13H2,1H3,(H,25,27)(H,26,28). The molecular weight excluding hydrogens is 371 g/mol. The molecule has 0 saturated heterocycles. The minimum Gasteiger partial charge on any atom is -0.496 e. The third-order valence-corrected chi connectivity index (χ3v) is 4.34. The highest BCUT2D eigenvalue weighted by atomic mass is 19.1. The third-order valence-electron chi connectivity index (χ3n) is 4.34. The molecule has 0 aromatic heterocycles. The number of hydrogen-bond donors (Lipinski definition) is 2. The van der Waals surface area contributed by atoms with Crippen LogP contribution in [-0.4, -0.2) is 25.5 Å². The van der Waals surface area contributed by atoms with Crippen molar-refractivity contribution in [3.8, 4) is 5.75 Å². The van der Waals surface area contributed by atoms with Crippen LogP contribution in [0, 0.1) is 5.82 Å². The number of halogens is 1. The van der Waals surface area contributed by atoms with Gasteiger partial charge >= 0.3 is 0 Å². The van der Waals surface area contributed by atoms with E-state index in [2.05, 4.69) is 10.6 Å². The first kappa shape index (κ1) is 20.1. The largest absolute Gasteiger partial charge is 0.496 e. The summed E-state index contributed by atoms with van der Waals surface area (Å²) in [5.41, 5.74) is 2.03. The highest BCUT2D eigenvalue weighted by molar-refractivity contribution is 6.06. The molecule has 29 heavy (non-hydrogen) atoms. The lowest BCUT2D eigenvalue weighted by atomic mass is 10.1. The van der Waals surface area contributed by atoms with Gasteiger partial charge in [-0.1, -0.05) is 30.3 Å². The van der Waals surface area contributed by atoms with Crippen LogP contribution in [0.4, 0.5) is 10.1 Å². The van der Waals surface area contributed by atoms with Gasteiger partial charge in [-0.25, -0.2) is 4.39 Å². The van der Waals surface area contributed by atoms with Crippen molar-refractivity contribution in [2.24, 2.45) is 0 Å². The Kier molecular flexibility index (Phi) is 6.58. The van der Waals surface area contributed by atoms with Crippen LogP contribution in [0.15, 0.2) is 72.8 Å². The van der Waals surface area contributed by atoms with Crippen LogP contribution < -0.4 is 15.4 Å². The zero-order valence-corrected chi connectivity index (χ0v) is 15.9. The molecule has 0 bridgehead atoms. The Morgan fingerprint density at radius 1 is 0.897 bits per heavy atom. The SMILES string of the molecule is COc1ccccc1CCNC(=O)c1cccc(C(=O)Nc2cccc(F)c2)c1.